The molecule has 0 saturated carbocycles. The molecule has 0 aliphatic rings. The van der Waals surface area contributed by atoms with Crippen molar-refractivity contribution in [2.24, 2.45) is 0 Å². The first-order valence-corrected chi connectivity index (χ1v) is 11.2. The number of benzene rings is 2. The first-order chi connectivity index (χ1) is 11.0. The number of hydrogen-bond donors (Lipinski definition) is 0. The Labute approximate surface area is 151 Å². The van der Waals surface area contributed by atoms with Crippen molar-refractivity contribution in [2.45, 2.75) is 23.3 Å². The minimum atomic E-state index is -3.85. The van der Waals surface area contributed by atoms with Crippen molar-refractivity contribution in [3.8, 4) is 0 Å². The molecule has 0 saturated heterocycles. The second kappa shape index (κ2) is 6.95. The highest BCUT2D eigenvalue weighted by molar-refractivity contribution is 9.10. The predicted molar refractivity (Wildman–Crippen MR) is 97.1 cm³/mol. The van der Waals surface area contributed by atoms with Gasteiger partial charge in [-0.05, 0) is 52.2 Å². The third-order valence-electron chi connectivity index (χ3n) is 3.67. The number of hydrogen-bond acceptors (Lipinski definition) is 4. The fourth-order valence-corrected chi connectivity index (χ4v) is 5.01. The molecule has 0 atom stereocenters. The second-order valence-corrected chi connectivity index (χ2v) is 10.4. The molecule has 0 N–H and O–H groups in total. The van der Waals surface area contributed by atoms with Gasteiger partial charge in [-0.3, -0.25) is 0 Å². The Balaban J connectivity index is 2.45. The van der Waals surface area contributed by atoms with Crippen LogP contribution in [-0.2, 0) is 26.4 Å². The van der Waals surface area contributed by atoms with E-state index in [9.17, 15) is 16.8 Å². The maximum absolute atomic E-state index is 12.8. The lowest BCUT2D eigenvalue weighted by atomic mass is 10.1. The number of aryl methyl sites for hydroxylation is 1. The average Bonchev–Trinajstić information content (AvgIpc) is 2.48. The monoisotopic (exact) mass is 431 g/mol. The molecule has 24 heavy (non-hydrogen) atoms. The van der Waals surface area contributed by atoms with Crippen molar-refractivity contribution in [3.63, 3.8) is 0 Å². The van der Waals surface area contributed by atoms with E-state index in [4.69, 9.17) is 0 Å². The van der Waals surface area contributed by atoms with Crippen molar-refractivity contribution in [1.82, 2.24) is 4.31 Å². The second-order valence-electron chi connectivity index (χ2n) is 5.55. The van der Waals surface area contributed by atoms with E-state index in [1.54, 1.807) is 0 Å². The summed E-state index contributed by atoms with van der Waals surface area (Å²) in [4.78, 5) is -0.102. The molecule has 2 aromatic rings. The lowest BCUT2D eigenvalue weighted by Gasteiger charge is -2.19. The van der Waals surface area contributed by atoms with E-state index in [2.05, 4.69) is 15.9 Å². The lowest BCUT2D eigenvalue weighted by Crippen LogP contribution is -2.27. The molecule has 8 heteroatoms. The van der Waals surface area contributed by atoms with E-state index in [0.29, 0.717) is 4.47 Å². The summed E-state index contributed by atoms with van der Waals surface area (Å²) >= 11 is 3.20. The van der Waals surface area contributed by atoms with Gasteiger partial charge in [-0.25, -0.2) is 16.8 Å². The van der Waals surface area contributed by atoms with Gasteiger partial charge in [-0.2, -0.15) is 4.31 Å². The molecule has 130 valence electrons. The van der Waals surface area contributed by atoms with Gasteiger partial charge in [0.05, 0.1) is 9.79 Å². The molecule has 0 fully saturated rings. The smallest absolute Gasteiger partial charge is 0.224 e. The maximum atomic E-state index is 12.8. The molecule has 0 aliphatic heterocycles. The van der Waals surface area contributed by atoms with Gasteiger partial charge in [0.25, 0.3) is 0 Å². The molecule has 0 amide bonds. The summed E-state index contributed by atoms with van der Waals surface area (Å²) in [7, 11) is -5.87. The Morgan fingerprint density at radius 3 is 2.25 bits per heavy atom. The molecule has 2 rings (SSSR count). The summed E-state index contributed by atoms with van der Waals surface area (Å²) in [6, 6.07) is 11.5. The molecular weight excluding hydrogens is 414 g/mol. The van der Waals surface area contributed by atoms with Crippen molar-refractivity contribution in [3.05, 3.63) is 58.1 Å². The van der Waals surface area contributed by atoms with E-state index in [-0.39, 0.29) is 16.3 Å². The van der Waals surface area contributed by atoms with E-state index >= 15 is 0 Å². The highest BCUT2D eigenvalue weighted by Crippen LogP contribution is 2.28. The van der Waals surface area contributed by atoms with Gasteiger partial charge in [0.15, 0.2) is 9.84 Å². The van der Waals surface area contributed by atoms with Crippen LogP contribution in [0.2, 0.25) is 0 Å². The molecule has 0 unspecified atom stereocenters. The fraction of sp³-hybridized carbons (Fsp3) is 0.250. The first kappa shape index (κ1) is 19.1. The third kappa shape index (κ3) is 4.05. The normalized spacial score (nSPS) is 12.5. The van der Waals surface area contributed by atoms with Crippen molar-refractivity contribution in [1.29, 1.82) is 0 Å². The average molecular weight is 432 g/mol. The van der Waals surface area contributed by atoms with Crippen LogP contribution in [0.15, 0.2) is 56.7 Å². The topological polar surface area (TPSA) is 71.5 Å². The van der Waals surface area contributed by atoms with Crippen LogP contribution in [0.1, 0.15) is 11.1 Å². The Kier molecular flexibility index (Phi) is 5.54. The largest absolute Gasteiger partial charge is 0.244 e. The van der Waals surface area contributed by atoms with Gasteiger partial charge < -0.3 is 0 Å². The molecule has 0 aromatic heterocycles. The van der Waals surface area contributed by atoms with Crippen molar-refractivity contribution in [2.75, 3.05) is 13.3 Å². The van der Waals surface area contributed by atoms with Gasteiger partial charge in [0, 0.05) is 24.3 Å². The van der Waals surface area contributed by atoms with Crippen LogP contribution >= 0.6 is 15.9 Å². The summed E-state index contributed by atoms with van der Waals surface area (Å²) in [5.74, 6) is 0. The molecule has 2 aromatic carbocycles. The zero-order valence-corrected chi connectivity index (χ0v) is 16.7. The van der Waals surface area contributed by atoms with Gasteiger partial charge in [-0.1, -0.05) is 24.3 Å². The molecule has 0 heterocycles. The van der Waals surface area contributed by atoms with Crippen LogP contribution in [0.3, 0.4) is 0 Å². The Morgan fingerprint density at radius 1 is 1.04 bits per heavy atom. The number of halogens is 1. The fourth-order valence-electron chi connectivity index (χ4n) is 2.19. The van der Waals surface area contributed by atoms with Gasteiger partial charge in [0.1, 0.15) is 0 Å². The minimum Gasteiger partial charge on any atom is -0.224 e. The summed E-state index contributed by atoms with van der Waals surface area (Å²) < 4.78 is 50.6. The zero-order chi connectivity index (χ0) is 18.1. The molecule has 0 radical (unpaired) electrons. The molecule has 5 nitrogen and oxygen atoms in total. The summed E-state index contributed by atoms with van der Waals surface area (Å²) in [5.41, 5.74) is 1.88. The van der Waals surface area contributed by atoms with Gasteiger partial charge >= 0.3 is 0 Å². The summed E-state index contributed by atoms with van der Waals surface area (Å²) in [6.07, 6.45) is 1.05. The standard InChI is InChI=1S/C16H18BrNO4S2/c1-12-6-4-5-7-13(12)11-18(2)24(21,22)16-10-14(23(3,19)20)8-9-15(16)17/h4-10H,11H2,1-3H3. The first-order valence-electron chi connectivity index (χ1n) is 7.04. The number of rotatable bonds is 5. The summed E-state index contributed by atoms with van der Waals surface area (Å²) in [5, 5.41) is 0. The van der Waals surface area contributed by atoms with Gasteiger partial charge in [-0.15, -0.1) is 0 Å². The Morgan fingerprint density at radius 2 is 1.67 bits per heavy atom. The van der Waals surface area contributed by atoms with Crippen LogP contribution in [0.25, 0.3) is 0 Å². The van der Waals surface area contributed by atoms with Crippen LogP contribution in [0.5, 0.6) is 0 Å². The maximum Gasteiger partial charge on any atom is 0.244 e. The quantitative estimate of drug-likeness (QED) is 0.729. The number of sulfone groups is 1. The highest BCUT2D eigenvalue weighted by atomic mass is 79.9. The molecule has 0 spiro atoms. The van der Waals surface area contributed by atoms with Crippen molar-refractivity contribution < 1.29 is 16.8 Å². The van der Waals surface area contributed by atoms with E-state index < -0.39 is 19.9 Å². The van der Waals surface area contributed by atoms with Gasteiger partial charge in [0.2, 0.25) is 10.0 Å². The molecule has 0 bridgehead atoms. The van der Waals surface area contributed by atoms with E-state index in [1.807, 2.05) is 31.2 Å². The number of sulfonamides is 1. The highest BCUT2D eigenvalue weighted by Gasteiger charge is 2.25. The van der Waals surface area contributed by atoms with Crippen LogP contribution < -0.4 is 0 Å². The lowest BCUT2D eigenvalue weighted by molar-refractivity contribution is 0.465. The van der Waals surface area contributed by atoms with Crippen LogP contribution in [0.4, 0.5) is 0 Å². The van der Waals surface area contributed by atoms with Crippen molar-refractivity contribution >= 4 is 35.8 Å². The van der Waals surface area contributed by atoms with Crippen LogP contribution in [0, 0.1) is 6.92 Å². The zero-order valence-electron chi connectivity index (χ0n) is 13.5. The number of nitrogens with zero attached hydrogens (tertiary/aromatic N) is 1. The Bertz CT molecular complexity index is 969. The van der Waals surface area contributed by atoms with E-state index in [1.165, 1.54) is 29.6 Å². The Hall–Kier alpha value is -1.22. The molecular formula is C16H18BrNO4S2. The van der Waals surface area contributed by atoms with E-state index in [0.717, 1.165) is 17.4 Å². The summed E-state index contributed by atoms with van der Waals surface area (Å²) in [6.45, 7) is 2.11. The predicted octanol–water partition coefficient (Wildman–Crippen LogP) is 2.98. The third-order valence-corrected chi connectivity index (χ3v) is 7.58. The SMILES string of the molecule is Cc1ccccc1CN(C)S(=O)(=O)c1cc(S(C)(=O)=O)ccc1Br. The minimum absolute atomic E-state index is 0.0337. The van der Waals surface area contributed by atoms with Crippen LogP contribution in [-0.4, -0.2) is 34.4 Å². The molecule has 0 aliphatic carbocycles.